The molecule has 2 aromatic rings. The Kier molecular flexibility index (Phi) is 4.71. The van der Waals surface area contributed by atoms with Crippen LogP contribution in [0.4, 0.5) is 0 Å². The van der Waals surface area contributed by atoms with Crippen LogP contribution in [0.3, 0.4) is 0 Å². The number of nitrogens with one attached hydrogen (secondary N) is 1. The van der Waals surface area contributed by atoms with Crippen molar-refractivity contribution in [1.29, 1.82) is 0 Å². The molecule has 6 heteroatoms. The second kappa shape index (κ2) is 6.91. The molecule has 122 valence electrons. The summed E-state index contributed by atoms with van der Waals surface area (Å²) in [6.45, 7) is 6.32. The Balaban J connectivity index is 1.81. The van der Waals surface area contributed by atoms with Crippen LogP contribution in [0.25, 0.3) is 0 Å². The molecular formula is C17H23N5O. The fourth-order valence-corrected chi connectivity index (χ4v) is 3.01. The van der Waals surface area contributed by atoms with Crippen molar-refractivity contribution in [3.8, 4) is 0 Å². The molecule has 0 radical (unpaired) electrons. The molecule has 0 spiro atoms. The van der Waals surface area contributed by atoms with Gasteiger partial charge in [0.1, 0.15) is 18.7 Å². The molecular weight excluding hydrogens is 290 g/mol. The first-order valence-corrected chi connectivity index (χ1v) is 8.15. The highest BCUT2D eigenvalue weighted by Gasteiger charge is 2.31. The van der Waals surface area contributed by atoms with Crippen molar-refractivity contribution in [3.63, 3.8) is 0 Å². The zero-order valence-corrected chi connectivity index (χ0v) is 13.6. The molecule has 1 amide bonds. The largest absolute Gasteiger partial charge is 0.331 e. The summed E-state index contributed by atoms with van der Waals surface area (Å²) in [4.78, 5) is 18.8. The fraction of sp³-hybridized carbons (Fsp3) is 0.471. The molecule has 1 N–H and O–H groups in total. The molecule has 1 fully saturated rings. The number of benzene rings is 1. The third-order valence-electron chi connectivity index (χ3n) is 4.49. The number of carbonyl (C=O) groups excluding carboxylic acids is 1. The molecule has 0 saturated carbocycles. The number of nitrogens with zero attached hydrogens (tertiary/aromatic N) is 4. The molecule has 1 aromatic carbocycles. The van der Waals surface area contributed by atoms with Gasteiger partial charge in [0.25, 0.3) is 0 Å². The van der Waals surface area contributed by atoms with Crippen molar-refractivity contribution in [2.75, 3.05) is 19.6 Å². The number of amides is 1. The van der Waals surface area contributed by atoms with Crippen LogP contribution in [0, 0.1) is 0 Å². The first-order valence-electron chi connectivity index (χ1n) is 8.15. The molecule has 3 rings (SSSR count). The van der Waals surface area contributed by atoms with Crippen molar-refractivity contribution >= 4 is 5.91 Å². The van der Waals surface area contributed by atoms with Gasteiger partial charge in [0.15, 0.2) is 0 Å². The minimum absolute atomic E-state index is 0.0631. The summed E-state index contributed by atoms with van der Waals surface area (Å²) in [6.07, 6.45) is 4.08. The van der Waals surface area contributed by atoms with Crippen molar-refractivity contribution < 1.29 is 4.79 Å². The van der Waals surface area contributed by atoms with Gasteiger partial charge in [0, 0.05) is 19.6 Å². The van der Waals surface area contributed by atoms with Crippen LogP contribution in [0.1, 0.15) is 37.1 Å². The molecule has 2 atom stereocenters. The lowest BCUT2D eigenvalue weighted by molar-refractivity contribution is -0.138. The zero-order chi connectivity index (χ0) is 16.2. The molecule has 1 aliphatic heterocycles. The van der Waals surface area contributed by atoms with E-state index in [0.717, 1.165) is 19.5 Å². The Labute approximate surface area is 136 Å². The van der Waals surface area contributed by atoms with Crippen LogP contribution >= 0.6 is 0 Å². The van der Waals surface area contributed by atoms with E-state index in [-0.39, 0.29) is 18.0 Å². The first-order chi connectivity index (χ1) is 11.2. The first kappa shape index (κ1) is 15.7. The Morgan fingerprint density at radius 3 is 2.83 bits per heavy atom. The lowest BCUT2D eigenvalue weighted by Crippen LogP contribution is -2.50. The van der Waals surface area contributed by atoms with Gasteiger partial charge in [-0.25, -0.2) is 9.67 Å². The molecule has 6 nitrogen and oxygen atoms in total. The van der Waals surface area contributed by atoms with Gasteiger partial charge in [-0.05, 0) is 24.5 Å². The summed E-state index contributed by atoms with van der Waals surface area (Å²) < 4.78 is 1.61. The molecule has 1 aliphatic rings. The normalized spacial score (nSPS) is 19.6. The third-order valence-corrected chi connectivity index (χ3v) is 4.49. The zero-order valence-electron chi connectivity index (χ0n) is 13.6. The summed E-state index contributed by atoms with van der Waals surface area (Å²) in [5, 5.41) is 7.49. The van der Waals surface area contributed by atoms with Gasteiger partial charge in [-0.3, -0.25) is 4.79 Å². The number of rotatable bonds is 4. The standard InChI is InChI=1S/C17H23N5O/c1-3-14-4-6-15(7-5-14)16-10-18-8-9-21(16)17(23)13(2)22-12-19-11-20-22/h4-7,11-13,16,18H,3,8-10H2,1-2H3. The van der Waals surface area contributed by atoms with E-state index in [1.54, 1.807) is 11.0 Å². The van der Waals surface area contributed by atoms with Crippen molar-refractivity contribution in [3.05, 3.63) is 48.0 Å². The number of hydrogen-bond acceptors (Lipinski definition) is 4. The predicted octanol–water partition coefficient (Wildman–Crippen LogP) is 1.57. The van der Waals surface area contributed by atoms with Gasteiger partial charge in [-0.15, -0.1) is 0 Å². The lowest BCUT2D eigenvalue weighted by Gasteiger charge is -2.38. The van der Waals surface area contributed by atoms with E-state index < -0.39 is 0 Å². The van der Waals surface area contributed by atoms with E-state index in [1.807, 2.05) is 11.8 Å². The number of carbonyl (C=O) groups is 1. The maximum absolute atomic E-state index is 12.9. The van der Waals surface area contributed by atoms with E-state index in [9.17, 15) is 4.79 Å². The smallest absolute Gasteiger partial charge is 0.247 e. The van der Waals surface area contributed by atoms with Crippen LogP contribution in [0.2, 0.25) is 0 Å². The van der Waals surface area contributed by atoms with Crippen molar-refractivity contribution in [2.24, 2.45) is 0 Å². The predicted molar refractivity (Wildman–Crippen MR) is 87.9 cm³/mol. The highest BCUT2D eigenvalue weighted by molar-refractivity contribution is 5.80. The Morgan fingerprint density at radius 2 is 2.17 bits per heavy atom. The molecule has 2 heterocycles. The van der Waals surface area contributed by atoms with Gasteiger partial charge in [-0.1, -0.05) is 31.2 Å². The molecule has 2 unspecified atom stereocenters. The average Bonchev–Trinajstić information content (AvgIpc) is 3.15. The van der Waals surface area contributed by atoms with Gasteiger partial charge < -0.3 is 10.2 Å². The van der Waals surface area contributed by atoms with E-state index >= 15 is 0 Å². The fourth-order valence-electron chi connectivity index (χ4n) is 3.01. The molecule has 23 heavy (non-hydrogen) atoms. The molecule has 0 bridgehead atoms. The molecule has 0 aliphatic carbocycles. The minimum Gasteiger partial charge on any atom is -0.331 e. The van der Waals surface area contributed by atoms with Gasteiger partial charge in [0.2, 0.25) is 5.91 Å². The number of aryl methyl sites for hydroxylation is 1. The minimum atomic E-state index is -0.340. The van der Waals surface area contributed by atoms with Gasteiger partial charge in [-0.2, -0.15) is 5.10 Å². The van der Waals surface area contributed by atoms with Crippen LogP contribution < -0.4 is 5.32 Å². The highest BCUT2D eigenvalue weighted by atomic mass is 16.2. The summed E-state index contributed by atoms with van der Waals surface area (Å²) in [7, 11) is 0. The summed E-state index contributed by atoms with van der Waals surface area (Å²) in [5.41, 5.74) is 2.49. The monoisotopic (exact) mass is 313 g/mol. The number of hydrogen-bond donors (Lipinski definition) is 1. The van der Waals surface area contributed by atoms with E-state index in [2.05, 4.69) is 46.6 Å². The van der Waals surface area contributed by atoms with Crippen molar-refractivity contribution in [2.45, 2.75) is 32.4 Å². The van der Waals surface area contributed by atoms with Gasteiger partial charge in [0.05, 0.1) is 6.04 Å². The molecule has 1 aromatic heterocycles. The van der Waals surface area contributed by atoms with E-state index in [4.69, 9.17) is 0 Å². The Bertz CT molecular complexity index is 638. The van der Waals surface area contributed by atoms with Crippen LogP contribution in [0.5, 0.6) is 0 Å². The topological polar surface area (TPSA) is 63.1 Å². The summed E-state index contributed by atoms with van der Waals surface area (Å²) in [6, 6.07) is 8.29. The van der Waals surface area contributed by atoms with Crippen LogP contribution in [-0.2, 0) is 11.2 Å². The quantitative estimate of drug-likeness (QED) is 0.931. The van der Waals surface area contributed by atoms with Crippen molar-refractivity contribution in [1.82, 2.24) is 25.0 Å². The van der Waals surface area contributed by atoms with E-state index in [1.165, 1.54) is 17.5 Å². The average molecular weight is 313 g/mol. The summed E-state index contributed by atoms with van der Waals surface area (Å²) >= 11 is 0. The van der Waals surface area contributed by atoms with Crippen LogP contribution in [-0.4, -0.2) is 45.2 Å². The summed E-state index contributed by atoms with van der Waals surface area (Å²) in [5.74, 6) is 0.0848. The van der Waals surface area contributed by atoms with E-state index in [0.29, 0.717) is 6.54 Å². The lowest BCUT2D eigenvalue weighted by atomic mass is 10.00. The SMILES string of the molecule is CCc1ccc(C2CNCCN2C(=O)C(C)n2cncn2)cc1. The second-order valence-corrected chi connectivity index (χ2v) is 5.90. The Morgan fingerprint density at radius 1 is 1.39 bits per heavy atom. The third kappa shape index (κ3) is 3.27. The highest BCUT2D eigenvalue weighted by Crippen LogP contribution is 2.25. The second-order valence-electron chi connectivity index (χ2n) is 5.90. The maximum Gasteiger partial charge on any atom is 0.247 e. The van der Waals surface area contributed by atoms with Gasteiger partial charge >= 0.3 is 0 Å². The Hall–Kier alpha value is -2.21. The van der Waals surface area contributed by atoms with Crippen LogP contribution in [0.15, 0.2) is 36.9 Å². The molecule has 1 saturated heterocycles. The maximum atomic E-state index is 12.9. The number of aromatic nitrogens is 3. The number of piperazine rings is 1.